The molecule has 2 aromatic rings. The highest BCUT2D eigenvalue weighted by molar-refractivity contribution is 6.30. The first-order valence-corrected chi connectivity index (χ1v) is 11.2. The van der Waals surface area contributed by atoms with Gasteiger partial charge >= 0.3 is 6.03 Å². The summed E-state index contributed by atoms with van der Waals surface area (Å²) in [5.41, 5.74) is 1.64. The van der Waals surface area contributed by atoms with E-state index in [0.29, 0.717) is 29.3 Å². The van der Waals surface area contributed by atoms with Crippen molar-refractivity contribution in [3.63, 3.8) is 0 Å². The summed E-state index contributed by atoms with van der Waals surface area (Å²) >= 11 is 6.03. The molecule has 1 unspecified atom stereocenters. The molecule has 1 N–H and O–H groups in total. The van der Waals surface area contributed by atoms with Crippen molar-refractivity contribution in [2.75, 3.05) is 33.4 Å². The number of benzene rings is 2. The van der Waals surface area contributed by atoms with E-state index in [1.165, 1.54) is 23.1 Å². The lowest BCUT2D eigenvalue weighted by Gasteiger charge is -2.27. The van der Waals surface area contributed by atoms with Crippen molar-refractivity contribution in [3.8, 4) is 0 Å². The molecule has 0 bridgehead atoms. The molecule has 0 fully saturated rings. The molecular formula is C24H28ClFN4O3. The minimum Gasteiger partial charge on any atom is -0.383 e. The zero-order chi connectivity index (χ0) is 23.8. The van der Waals surface area contributed by atoms with Crippen LogP contribution in [0.15, 0.2) is 53.6 Å². The number of hydrogen-bond donors (Lipinski definition) is 1. The smallest absolute Gasteiger partial charge is 0.317 e. The second-order valence-electron chi connectivity index (χ2n) is 7.68. The molecule has 0 saturated carbocycles. The maximum absolute atomic E-state index is 14.4. The van der Waals surface area contributed by atoms with Crippen molar-refractivity contribution < 1.29 is 18.7 Å². The molecule has 3 rings (SSSR count). The van der Waals surface area contributed by atoms with E-state index < -0.39 is 11.9 Å². The van der Waals surface area contributed by atoms with Crippen LogP contribution in [0.5, 0.6) is 0 Å². The summed E-state index contributed by atoms with van der Waals surface area (Å²) in [4.78, 5) is 27.3. The van der Waals surface area contributed by atoms with Crippen LogP contribution < -0.4 is 5.32 Å². The number of rotatable bonds is 9. The van der Waals surface area contributed by atoms with Crippen molar-refractivity contribution in [3.05, 3.63) is 70.5 Å². The van der Waals surface area contributed by atoms with Crippen molar-refractivity contribution in [1.82, 2.24) is 15.2 Å². The first-order chi connectivity index (χ1) is 15.9. The number of hydrazone groups is 1. The van der Waals surface area contributed by atoms with Crippen molar-refractivity contribution in [2.45, 2.75) is 25.8 Å². The van der Waals surface area contributed by atoms with Gasteiger partial charge in [0.2, 0.25) is 0 Å². The summed E-state index contributed by atoms with van der Waals surface area (Å²) in [5, 5.41) is 9.20. The van der Waals surface area contributed by atoms with Gasteiger partial charge in [0, 0.05) is 37.2 Å². The number of nitrogens with zero attached hydrogens (tertiary/aromatic N) is 3. The largest absolute Gasteiger partial charge is 0.383 e. The fourth-order valence-corrected chi connectivity index (χ4v) is 3.70. The van der Waals surface area contributed by atoms with E-state index in [1.807, 2.05) is 19.1 Å². The number of halogens is 2. The van der Waals surface area contributed by atoms with Crippen LogP contribution in [-0.4, -0.2) is 60.9 Å². The standard InChI is InChI=1S/C24H28ClFN4O3/c1-3-12-27-24(32)29(13-14-33-2)16-23(31)30-22(17-8-10-18(25)11-9-17)15-21(28-30)19-6-4-5-7-20(19)26/h4-11,22H,3,12-16H2,1-2H3,(H,27,32). The van der Waals surface area contributed by atoms with Crippen LogP contribution in [0, 0.1) is 5.82 Å². The highest BCUT2D eigenvalue weighted by Gasteiger charge is 2.35. The summed E-state index contributed by atoms with van der Waals surface area (Å²) < 4.78 is 19.5. The number of carbonyl (C=O) groups is 2. The van der Waals surface area contributed by atoms with Crippen LogP contribution in [0.1, 0.15) is 36.9 Å². The molecule has 1 aliphatic heterocycles. The van der Waals surface area contributed by atoms with Crippen molar-refractivity contribution in [2.24, 2.45) is 5.10 Å². The molecule has 1 aliphatic rings. The molecule has 1 heterocycles. The van der Waals surface area contributed by atoms with Crippen LogP contribution in [-0.2, 0) is 9.53 Å². The molecule has 0 aliphatic carbocycles. The van der Waals surface area contributed by atoms with E-state index in [0.717, 1.165) is 12.0 Å². The summed E-state index contributed by atoms with van der Waals surface area (Å²) in [6, 6.07) is 12.7. The Morgan fingerprint density at radius 1 is 1.24 bits per heavy atom. The van der Waals surface area contributed by atoms with E-state index in [-0.39, 0.29) is 31.6 Å². The van der Waals surface area contributed by atoms with E-state index in [2.05, 4.69) is 10.4 Å². The number of amides is 3. The average Bonchev–Trinajstić information content (AvgIpc) is 3.26. The zero-order valence-corrected chi connectivity index (χ0v) is 19.5. The number of hydrogen-bond acceptors (Lipinski definition) is 4. The topological polar surface area (TPSA) is 74.2 Å². The summed E-state index contributed by atoms with van der Waals surface area (Å²) in [7, 11) is 1.53. The van der Waals surface area contributed by atoms with Crippen LogP contribution >= 0.6 is 11.6 Å². The Hall–Kier alpha value is -2.97. The van der Waals surface area contributed by atoms with Gasteiger partial charge in [0.05, 0.1) is 18.4 Å². The Morgan fingerprint density at radius 3 is 2.64 bits per heavy atom. The minimum atomic E-state index is -0.438. The third kappa shape index (κ3) is 6.30. The van der Waals surface area contributed by atoms with Crippen LogP contribution in [0.25, 0.3) is 0 Å². The van der Waals surface area contributed by atoms with Gasteiger partial charge in [-0.05, 0) is 30.2 Å². The molecule has 3 amide bonds. The molecule has 9 heteroatoms. The van der Waals surface area contributed by atoms with Crippen LogP contribution in [0.3, 0.4) is 0 Å². The predicted molar refractivity (Wildman–Crippen MR) is 126 cm³/mol. The molecule has 1 atom stereocenters. The predicted octanol–water partition coefficient (Wildman–Crippen LogP) is 4.22. The Morgan fingerprint density at radius 2 is 1.97 bits per heavy atom. The number of nitrogens with one attached hydrogen (secondary N) is 1. The maximum Gasteiger partial charge on any atom is 0.317 e. The van der Waals surface area contributed by atoms with Gasteiger partial charge in [0.25, 0.3) is 5.91 Å². The van der Waals surface area contributed by atoms with Gasteiger partial charge in [0.1, 0.15) is 12.4 Å². The van der Waals surface area contributed by atoms with Gasteiger partial charge in [-0.2, -0.15) is 5.10 Å². The SMILES string of the molecule is CCCNC(=O)N(CCOC)CC(=O)N1N=C(c2ccccc2F)CC1c1ccc(Cl)cc1. The van der Waals surface area contributed by atoms with Gasteiger partial charge < -0.3 is 15.0 Å². The molecule has 2 aromatic carbocycles. The van der Waals surface area contributed by atoms with E-state index in [1.54, 1.807) is 30.3 Å². The molecule has 0 radical (unpaired) electrons. The van der Waals surface area contributed by atoms with Crippen LogP contribution in [0.4, 0.5) is 9.18 Å². The highest BCUT2D eigenvalue weighted by Crippen LogP contribution is 2.34. The van der Waals surface area contributed by atoms with E-state index in [9.17, 15) is 14.0 Å². The van der Waals surface area contributed by atoms with Crippen molar-refractivity contribution in [1.29, 1.82) is 0 Å². The minimum absolute atomic E-state index is 0.183. The van der Waals surface area contributed by atoms with Gasteiger partial charge in [0.15, 0.2) is 0 Å². The Bertz CT molecular complexity index is 999. The Balaban J connectivity index is 1.88. The van der Waals surface area contributed by atoms with Gasteiger partial charge in [-0.15, -0.1) is 0 Å². The maximum atomic E-state index is 14.4. The van der Waals surface area contributed by atoms with E-state index >= 15 is 0 Å². The highest BCUT2D eigenvalue weighted by atomic mass is 35.5. The number of urea groups is 1. The number of ether oxygens (including phenoxy) is 1. The quantitative estimate of drug-likeness (QED) is 0.591. The molecule has 176 valence electrons. The second-order valence-corrected chi connectivity index (χ2v) is 8.12. The monoisotopic (exact) mass is 474 g/mol. The molecule has 33 heavy (non-hydrogen) atoms. The van der Waals surface area contributed by atoms with Crippen molar-refractivity contribution >= 4 is 29.3 Å². The third-order valence-electron chi connectivity index (χ3n) is 5.31. The molecule has 0 spiro atoms. The first-order valence-electron chi connectivity index (χ1n) is 10.9. The Labute approximate surface area is 198 Å². The number of carbonyl (C=O) groups excluding carboxylic acids is 2. The van der Waals surface area contributed by atoms with Crippen LogP contribution in [0.2, 0.25) is 5.02 Å². The number of methoxy groups -OCH3 is 1. The lowest BCUT2D eigenvalue weighted by molar-refractivity contribution is -0.133. The molecule has 7 nitrogen and oxygen atoms in total. The first kappa shape index (κ1) is 24.7. The van der Waals surface area contributed by atoms with Gasteiger partial charge in [-0.1, -0.05) is 48.9 Å². The fraction of sp³-hybridized carbons (Fsp3) is 0.375. The molecule has 0 saturated heterocycles. The summed E-state index contributed by atoms with van der Waals surface area (Å²) in [6.07, 6.45) is 1.12. The zero-order valence-electron chi connectivity index (χ0n) is 18.8. The normalized spacial score (nSPS) is 15.3. The van der Waals surface area contributed by atoms with Gasteiger partial charge in [-0.25, -0.2) is 14.2 Å². The molecular weight excluding hydrogens is 447 g/mol. The van der Waals surface area contributed by atoms with E-state index in [4.69, 9.17) is 16.3 Å². The average molecular weight is 475 g/mol. The lowest BCUT2D eigenvalue weighted by atomic mass is 9.98. The summed E-state index contributed by atoms with van der Waals surface area (Å²) in [6.45, 7) is 2.81. The Kier molecular flexibility index (Phi) is 8.79. The molecule has 0 aromatic heterocycles. The lowest BCUT2D eigenvalue weighted by Crippen LogP contribution is -2.47. The second kappa shape index (κ2) is 11.8. The van der Waals surface area contributed by atoms with Gasteiger partial charge in [-0.3, -0.25) is 4.79 Å². The fourth-order valence-electron chi connectivity index (χ4n) is 3.58. The summed E-state index contributed by atoms with van der Waals surface area (Å²) in [5.74, 6) is -0.773. The third-order valence-corrected chi connectivity index (χ3v) is 5.56.